The maximum atomic E-state index is 12.5. The number of rotatable bonds is 4. The smallest absolute Gasteiger partial charge is 0.387 e. The van der Waals surface area contributed by atoms with E-state index in [2.05, 4.69) is 10.1 Å². The first-order valence-corrected chi connectivity index (χ1v) is 7.61. The molecule has 132 valence electrons. The van der Waals surface area contributed by atoms with E-state index in [1.165, 1.54) is 11.0 Å². The van der Waals surface area contributed by atoms with Gasteiger partial charge in [-0.25, -0.2) is 4.79 Å². The van der Waals surface area contributed by atoms with Crippen molar-refractivity contribution in [1.82, 2.24) is 4.90 Å². The fourth-order valence-corrected chi connectivity index (χ4v) is 2.88. The first-order chi connectivity index (χ1) is 11.3. The van der Waals surface area contributed by atoms with Gasteiger partial charge < -0.3 is 20.1 Å². The molecule has 1 aromatic carbocycles. The number of hydrogen-bond donors (Lipinski definition) is 2. The number of likely N-dealkylation sites (tertiary alicyclic amines) is 1. The molecule has 1 aliphatic heterocycles. The Hall–Kier alpha value is -2.38. The van der Waals surface area contributed by atoms with Crippen molar-refractivity contribution in [3.05, 3.63) is 23.8 Å². The minimum Gasteiger partial charge on any atom is -0.481 e. The van der Waals surface area contributed by atoms with Crippen molar-refractivity contribution in [3.8, 4) is 5.75 Å². The average molecular weight is 342 g/mol. The number of amides is 2. The number of carboxylic acids is 1. The van der Waals surface area contributed by atoms with E-state index < -0.39 is 24.5 Å². The summed E-state index contributed by atoms with van der Waals surface area (Å²) < 4.78 is 29.4. The van der Waals surface area contributed by atoms with Crippen LogP contribution in [0.1, 0.15) is 18.9 Å². The standard InChI is InChI=1S/C16H20F2N2O4/c1-9-6-11(14(21)22)8-20(7-9)16(23)19-13-10(2)4-3-5-12(13)24-15(17)18/h3-5,9,11,15H,6-8H2,1-2H3,(H,19,23)(H,21,22). The predicted octanol–water partition coefficient (Wildman–Crippen LogP) is 3.17. The van der Waals surface area contributed by atoms with Crippen LogP contribution in [0.2, 0.25) is 0 Å². The molecule has 0 bridgehead atoms. The van der Waals surface area contributed by atoms with Gasteiger partial charge in [0.25, 0.3) is 0 Å². The van der Waals surface area contributed by atoms with E-state index in [9.17, 15) is 23.5 Å². The molecule has 6 nitrogen and oxygen atoms in total. The van der Waals surface area contributed by atoms with Crippen molar-refractivity contribution in [2.24, 2.45) is 11.8 Å². The van der Waals surface area contributed by atoms with Crippen LogP contribution >= 0.6 is 0 Å². The Kier molecular flexibility index (Phi) is 5.58. The summed E-state index contributed by atoms with van der Waals surface area (Å²) in [6.07, 6.45) is 0.503. The molecule has 0 radical (unpaired) electrons. The molecule has 1 aromatic rings. The van der Waals surface area contributed by atoms with Crippen LogP contribution in [-0.2, 0) is 4.79 Å². The maximum absolute atomic E-state index is 12.5. The third-order valence-corrected chi connectivity index (χ3v) is 3.98. The Balaban J connectivity index is 2.16. The number of carbonyl (C=O) groups excluding carboxylic acids is 1. The zero-order chi connectivity index (χ0) is 17.9. The second-order valence-electron chi connectivity index (χ2n) is 6.04. The van der Waals surface area contributed by atoms with Gasteiger partial charge in [-0.3, -0.25) is 4.79 Å². The molecule has 0 aromatic heterocycles. The van der Waals surface area contributed by atoms with Crippen LogP contribution in [0.25, 0.3) is 0 Å². The number of carbonyl (C=O) groups is 2. The highest BCUT2D eigenvalue weighted by Gasteiger charge is 2.32. The molecule has 1 saturated heterocycles. The number of aryl methyl sites for hydroxylation is 1. The molecule has 2 N–H and O–H groups in total. The first kappa shape index (κ1) is 18.0. The molecule has 0 saturated carbocycles. The van der Waals surface area contributed by atoms with E-state index >= 15 is 0 Å². The number of nitrogens with one attached hydrogen (secondary N) is 1. The summed E-state index contributed by atoms with van der Waals surface area (Å²) in [6.45, 7) is 1.02. The van der Waals surface area contributed by atoms with Crippen molar-refractivity contribution in [2.75, 3.05) is 18.4 Å². The van der Waals surface area contributed by atoms with Crippen LogP contribution in [0.15, 0.2) is 18.2 Å². The summed E-state index contributed by atoms with van der Waals surface area (Å²) in [5, 5.41) is 11.7. The number of piperidine rings is 1. The molecular weight excluding hydrogens is 322 g/mol. The molecule has 0 aliphatic carbocycles. The second kappa shape index (κ2) is 7.46. The molecule has 2 unspecified atom stereocenters. The van der Waals surface area contributed by atoms with E-state index in [1.807, 2.05) is 6.92 Å². The Morgan fingerprint density at radius 3 is 2.71 bits per heavy atom. The molecular formula is C16H20F2N2O4. The summed E-state index contributed by atoms with van der Waals surface area (Å²) in [4.78, 5) is 25.0. The van der Waals surface area contributed by atoms with Crippen LogP contribution in [0, 0.1) is 18.8 Å². The van der Waals surface area contributed by atoms with Gasteiger partial charge in [0.1, 0.15) is 5.75 Å². The van der Waals surface area contributed by atoms with Crippen molar-refractivity contribution < 1.29 is 28.2 Å². The van der Waals surface area contributed by atoms with Crippen molar-refractivity contribution in [3.63, 3.8) is 0 Å². The van der Waals surface area contributed by atoms with Crippen molar-refractivity contribution >= 4 is 17.7 Å². The van der Waals surface area contributed by atoms with Crippen LogP contribution in [-0.4, -0.2) is 41.7 Å². The minimum absolute atomic E-state index is 0.0410. The third kappa shape index (κ3) is 4.33. The number of ether oxygens (including phenoxy) is 1. The summed E-state index contributed by atoms with van der Waals surface area (Å²) in [5.74, 6) is -1.66. The van der Waals surface area contributed by atoms with E-state index in [-0.39, 0.29) is 23.9 Å². The fraction of sp³-hybridized carbons (Fsp3) is 0.500. The third-order valence-electron chi connectivity index (χ3n) is 3.98. The number of anilines is 1. The Labute approximate surface area is 138 Å². The van der Waals surface area contributed by atoms with E-state index in [1.54, 1.807) is 19.1 Å². The number of para-hydroxylation sites is 1. The van der Waals surface area contributed by atoms with Gasteiger partial charge in [0.05, 0.1) is 11.6 Å². The molecule has 2 atom stereocenters. The highest BCUT2D eigenvalue weighted by molar-refractivity contribution is 5.92. The van der Waals surface area contributed by atoms with Gasteiger partial charge >= 0.3 is 18.6 Å². The van der Waals surface area contributed by atoms with Gasteiger partial charge in [-0.05, 0) is 30.9 Å². The summed E-state index contributed by atoms with van der Waals surface area (Å²) in [7, 11) is 0. The summed E-state index contributed by atoms with van der Waals surface area (Å²) in [5.41, 5.74) is 0.731. The van der Waals surface area contributed by atoms with Gasteiger partial charge in [-0.2, -0.15) is 8.78 Å². The lowest BCUT2D eigenvalue weighted by Gasteiger charge is -2.34. The molecule has 0 spiro atoms. The van der Waals surface area contributed by atoms with Gasteiger partial charge in [-0.15, -0.1) is 0 Å². The number of aliphatic carboxylic acids is 1. The quantitative estimate of drug-likeness (QED) is 0.881. The van der Waals surface area contributed by atoms with E-state index in [0.29, 0.717) is 18.5 Å². The van der Waals surface area contributed by atoms with Gasteiger partial charge in [0.15, 0.2) is 0 Å². The van der Waals surface area contributed by atoms with Gasteiger partial charge in [0, 0.05) is 13.1 Å². The zero-order valence-corrected chi connectivity index (χ0v) is 13.5. The number of hydrogen-bond acceptors (Lipinski definition) is 3. The monoisotopic (exact) mass is 342 g/mol. The Morgan fingerprint density at radius 2 is 2.08 bits per heavy atom. The Morgan fingerprint density at radius 1 is 1.38 bits per heavy atom. The Bertz CT molecular complexity index is 624. The maximum Gasteiger partial charge on any atom is 0.387 e. The number of carboxylic acid groups (broad SMARTS) is 1. The molecule has 2 amide bonds. The lowest BCUT2D eigenvalue weighted by molar-refractivity contribution is -0.143. The normalized spacial score (nSPS) is 20.8. The summed E-state index contributed by atoms with van der Waals surface area (Å²) in [6, 6.07) is 4.02. The SMILES string of the molecule is Cc1cccc(OC(F)F)c1NC(=O)N1CC(C)CC(C(=O)O)C1. The molecule has 1 aliphatic rings. The number of halogens is 2. The topological polar surface area (TPSA) is 78.9 Å². The molecule has 8 heteroatoms. The molecule has 2 rings (SSSR count). The van der Waals surface area contributed by atoms with Crippen LogP contribution in [0.3, 0.4) is 0 Å². The van der Waals surface area contributed by atoms with Crippen LogP contribution in [0.5, 0.6) is 5.75 Å². The van der Waals surface area contributed by atoms with Crippen molar-refractivity contribution in [1.29, 1.82) is 0 Å². The van der Waals surface area contributed by atoms with Crippen LogP contribution < -0.4 is 10.1 Å². The number of benzene rings is 1. The lowest BCUT2D eigenvalue weighted by atomic mass is 9.91. The highest BCUT2D eigenvalue weighted by atomic mass is 19.3. The van der Waals surface area contributed by atoms with E-state index in [0.717, 1.165) is 0 Å². The minimum atomic E-state index is -3.01. The second-order valence-corrected chi connectivity index (χ2v) is 6.04. The highest BCUT2D eigenvalue weighted by Crippen LogP contribution is 2.30. The average Bonchev–Trinajstić information content (AvgIpc) is 2.49. The lowest BCUT2D eigenvalue weighted by Crippen LogP contribution is -2.47. The summed E-state index contributed by atoms with van der Waals surface area (Å²) >= 11 is 0. The van der Waals surface area contributed by atoms with Gasteiger partial charge in [0.2, 0.25) is 0 Å². The number of urea groups is 1. The van der Waals surface area contributed by atoms with Crippen molar-refractivity contribution in [2.45, 2.75) is 26.9 Å². The molecule has 24 heavy (non-hydrogen) atoms. The first-order valence-electron chi connectivity index (χ1n) is 7.61. The number of nitrogens with zero attached hydrogens (tertiary/aromatic N) is 1. The predicted molar refractivity (Wildman–Crippen MR) is 83.3 cm³/mol. The largest absolute Gasteiger partial charge is 0.481 e. The van der Waals surface area contributed by atoms with E-state index in [4.69, 9.17) is 0 Å². The fourth-order valence-electron chi connectivity index (χ4n) is 2.88. The molecule has 1 heterocycles. The molecule has 1 fully saturated rings. The zero-order valence-electron chi connectivity index (χ0n) is 13.5. The van der Waals surface area contributed by atoms with Crippen LogP contribution in [0.4, 0.5) is 19.3 Å². The number of alkyl halides is 2. The van der Waals surface area contributed by atoms with Gasteiger partial charge in [-0.1, -0.05) is 19.1 Å².